The van der Waals surface area contributed by atoms with Crippen LogP contribution in [-0.2, 0) is 4.74 Å². The van der Waals surface area contributed by atoms with E-state index in [1.54, 1.807) is 0 Å². The highest BCUT2D eigenvalue weighted by Crippen LogP contribution is 2.30. The highest BCUT2D eigenvalue weighted by Gasteiger charge is 2.37. The van der Waals surface area contributed by atoms with Crippen LogP contribution in [0.1, 0.15) is 59.3 Å². The maximum absolute atomic E-state index is 12.0. The van der Waals surface area contributed by atoms with Crippen molar-refractivity contribution in [2.24, 2.45) is 0 Å². The van der Waals surface area contributed by atoms with Crippen LogP contribution < -0.4 is 10.6 Å². The number of carbonyl (C=O) groups excluding carboxylic acids is 1. The summed E-state index contributed by atoms with van der Waals surface area (Å²) in [6, 6.07) is 2.07. The third-order valence-electron chi connectivity index (χ3n) is 4.95. The van der Waals surface area contributed by atoms with E-state index in [1.807, 2.05) is 20.8 Å². The smallest absolute Gasteiger partial charge is 0.407 e. The highest BCUT2D eigenvalue weighted by molar-refractivity contribution is 5.68. The largest absolute Gasteiger partial charge is 0.444 e. The molecule has 0 aromatic rings. The molecule has 3 aliphatic rings. The number of nitrogens with one attached hydrogen (secondary N) is 2. The minimum atomic E-state index is -0.429. The summed E-state index contributed by atoms with van der Waals surface area (Å²) < 4.78 is 5.39. The monoisotopic (exact) mass is 309 g/mol. The number of carbonyl (C=O) groups is 1. The number of hydrogen-bond acceptors (Lipinski definition) is 4. The second-order valence-electron chi connectivity index (χ2n) is 8.17. The molecule has 3 fully saturated rings. The van der Waals surface area contributed by atoms with Crippen LogP contribution in [0.4, 0.5) is 4.79 Å². The number of likely N-dealkylation sites (tertiary alicyclic amines) is 1. The minimum absolute atomic E-state index is 0.213. The molecule has 5 nitrogen and oxygen atoms in total. The Morgan fingerprint density at radius 3 is 2.50 bits per heavy atom. The van der Waals surface area contributed by atoms with E-state index >= 15 is 0 Å². The van der Waals surface area contributed by atoms with Crippen molar-refractivity contribution >= 4 is 6.09 Å². The van der Waals surface area contributed by atoms with Gasteiger partial charge in [0.05, 0.1) is 0 Å². The summed E-state index contributed by atoms with van der Waals surface area (Å²) >= 11 is 0. The van der Waals surface area contributed by atoms with Crippen molar-refractivity contribution in [2.75, 3.05) is 13.1 Å². The lowest BCUT2D eigenvalue weighted by molar-refractivity contribution is 0.0497. The molecule has 0 radical (unpaired) electrons. The summed E-state index contributed by atoms with van der Waals surface area (Å²) in [5.74, 6) is 0. The Morgan fingerprint density at radius 1 is 1.09 bits per heavy atom. The highest BCUT2D eigenvalue weighted by atomic mass is 16.6. The molecule has 126 valence electrons. The van der Waals surface area contributed by atoms with E-state index < -0.39 is 5.60 Å². The Morgan fingerprint density at radius 2 is 1.82 bits per heavy atom. The summed E-state index contributed by atoms with van der Waals surface area (Å²) in [6.45, 7) is 8.13. The maximum Gasteiger partial charge on any atom is 0.407 e. The van der Waals surface area contributed by atoms with Gasteiger partial charge in [-0.25, -0.2) is 4.79 Å². The van der Waals surface area contributed by atoms with Crippen molar-refractivity contribution in [2.45, 2.75) is 89.1 Å². The van der Waals surface area contributed by atoms with Crippen molar-refractivity contribution in [1.82, 2.24) is 15.5 Å². The fourth-order valence-corrected chi connectivity index (χ4v) is 3.79. The van der Waals surface area contributed by atoms with E-state index in [1.165, 1.54) is 38.8 Å². The van der Waals surface area contributed by atoms with Gasteiger partial charge in [-0.2, -0.15) is 0 Å². The van der Waals surface area contributed by atoms with E-state index in [2.05, 4.69) is 15.5 Å². The zero-order valence-corrected chi connectivity index (χ0v) is 14.2. The number of amides is 1. The molecule has 1 saturated heterocycles. The van der Waals surface area contributed by atoms with Gasteiger partial charge >= 0.3 is 6.09 Å². The SMILES string of the molecule is CC(C)(C)OC(=O)NC1CCCC1NC1CCN(C2CC2)C1. The molecule has 2 N–H and O–H groups in total. The zero-order valence-electron chi connectivity index (χ0n) is 14.2. The summed E-state index contributed by atoms with van der Waals surface area (Å²) in [6.07, 6.45) is 7.12. The number of hydrogen-bond donors (Lipinski definition) is 2. The van der Waals surface area contributed by atoms with Gasteiger partial charge < -0.3 is 15.4 Å². The van der Waals surface area contributed by atoms with E-state index in [0.717, 1.165) is 18.9 Å². The average molecular weight is 309 g/mol. The van der Waals surface area contributed by atoms with Crippen LogP contribution >= 0.6 is 0 Å². The van der Waals surface area contributed by atoms with Crippen molar-refractivity contribution in [1.29, 1.82) is 0 Å². The fourth-order valence-electron chi connectivity index (χ4n) is 3.79. The molecule has 0 aromatic heterocycles. The number of alkyl carbamates (subject to hydrolysis) is 1. The summed E-state index contributed by atoms with van der Waals surface area (Å²) in [5.41, 5.74) is -0.429. The molecular formula is C17H31N3O2. The average Bonchev–Trinajstić information content (AvgIpc) is 3.01. The van der Waals surface area contributed by atoms with Crippen LogP contribution in [0.25, 0.3) is 0 Å². The van der Waals surface area contributed by atoms with Gasteiger partial charge in [0.2, 0.25) is 0 Å². The third kappa shape index (κ3) is 4.35. The van der Waals surface area contributed by atoms with Crippen LogP contribution in [0.5, 0.6) is 0 Å². The van der Waals surface area contributed by atoms with Gasteiger partial charge in [0.1, 0.15) is 5.60 Å². The standard InChI is InChI=1S/C17H31N3O2/c1-17(2,3)22-16(21)19-15-6-4-5-14(15)18-12-9-10-20(11-12)13-7-8-13/h12-15,18H,4-11H2,1-3H3,(H,19,21). The van der Waals surface area contributed by atoms with Gasteiger partial charge in [-0.1, -0.05) is 0 Å². The van der Waals surface area contributed by atoms with Crippen molar-refractivity contribution in [3.8, 4) is 0 Å². The third-order valence-corrected chi connectivity index (χ3v) is 4.95. The molecule has 1 amide bonds. The molecule has 3 rings (SSSR count). The van der Waals surface area contributed by atoms with Gasteiger partial charge in [0.15, 0.2) is 0 Å². The van der Waals surface area contributed by atoms with E-state index in [0.29, 0.717) is 12.1 Å². The Kier molecular flexibility index (Phi) is 4.64. The first kappa shape index (κ1) is 16.1. The maximum atomic E-state index is 12.0. The predicted molar refractivity (Wildman–Crippen MR) is 86.9 cm³/mol. The van der Waals surface area contributed by atoms with Crippen LogP contribution in [-0.4, -0.2) is 53.9 Å². The molecule has 0 bridgehead atoms. The minimum Gasteiger partial charge on any atom is -0.444 e. The molecule has 2 saturated carbocycles. The van der Waals surface area contributed by atoms with E-state index in [9.17, 15) is 4.79 Å². The second-order valence-corrected chi connectivity index (χ2v) is 8.17. The first-order chi connectivity index (χ1) is 10.4. The van der Waals surface area contributed by atoms with Crippen molar-refractivity contribution < 1.29 is 9.53 Å². The van der Waals surface area contributed by atoms with Gasteiger partial charge in [-0.15, -0.1) is 0 Å². The normalized spacial score (nSPS) is 33.1. The zero-order chi connectivity index (χ0) is 15.7. The topological polar surface area (TPSA) is 53.6 Å². The van der Waals surface area contributed by atoms with Crippen molar-refractivity contribution in [3.05, 3.63) is 0 Å². The van der Waals surface area contributed by atoms with Crippen LogP contribution in [0.15, 0.2) is 0 Å². The molecule has 3 atom stereocenters. The summed E-state index contributed by atoms with van der Waals surface area (Å²) in [7, 11) is 0. The lowest BCUT2D eigenvalue weighted by Gasteiger charge is -2.27. The fraction of sp³-hybridized carbons (Fsp3) is 0.941. The van der Waals surface area contributed by atoms with Gasteiger partial charge in [-0.3, -0.25) is 4.90 Å². The second kappa shape index (κ2) is 6.36. The molecule has 1 heterocycles. The molecule has 3 unspecified atom stereocenters. The first-order valence-corrected chi connectivity index (χ1v) is 8.90. The first-order valence-electron chi connectivity index (χ1n) is 8.90. The summed E-state index contributed by atoms with van der Waals surface area (Å²) in [4.78, 5) is 14.6. The van der Waals surface area contributed by atoms with Gasteiger partial charge in [0.25, 0.3) is 0 Å². The molecule has 2 aliphatic carbocycles. The van der Waals surface area contributed by atoms with Crippen LogP contribution in [0.2, 0.25) is 0 Å². The molecule has 5 heteroatoms. The Balaban J connectivity index is 1.45. The van der Waals surface area contributed by atoms with E-state index in [4.69, 9.17) is 4.74 Å². The summed E-state index contributed by atoms with van der Waals surface area (Å²) in [5, 5.41) is 6.87. The predicted octanol–water partition coefficient (Wildman–Crippen LogP) is 2.26. The van der Waals surface area contributed by atoms with Crippen LogP contribution in [0.3, 0.4) is 0 Å². The molecule has 0 aromatic carbocycles. The van der Waals surface area contributed by atoms with Crippen molar-refractivity contribution in [3.63, 3.8) is 0 Å². The number of rotatable bonds is 4. The quantitative estimate of drug-likeness (QED) is 0.836. The number of ether oxygens (including phenoxy) is 1. The van der Waals surface area contributed by atoms with Crippen LogP contribution in [0, 0.1) is 0 Å². The number of nitrogens with zero attached hydrogens (tertiary/aromatic N) is 1. The Bertz CT molecular complexity index is 403. The molecule has 1 aliphatic heterocycles. The lowest BCUT2D eigenvalue weighted by Crippen LogP contribution is -2.51. The molecule has 22 heavy (non-hydrogen) atoms. The lowest BCUT2D eigenvalue weighted by atomic mass is 10.1. The molecular weight excluding hydrogens is 278 g/mol. The Hall–Kier alpha value is -0.810. The van der Waals surface area contributed by atoms with Gasteiger partial charge in [0, 0.05) is 37.3 Å². The Labute approximate surface area is 134 Å². The van der Waals surface area contributed by atoms with Gasteiger partial charge in [-0.05, 0) is 59.3 Å². The molecule has 0 spiro atoms. The van der Waals surface area contributed by atoms with E-state index in [-0.39, 0.29) is 12.1 Å².